The molecule has 0 aliphatic rings. The Balaban J connectivity index is 3.06. The van der Waals surface area contributed by atoms with E-state index in [1.54, 1.807) is 30.2 Å². The standard InChI is InChI=1S/C12H13BrN2O3/c1-18-5-4-15(8-12(16)17)11-6-10(13)3-2-9(11)7-14/h2-3,6H,4-5,8H2,1H3,(H,16,17). The lowest BCUT2D eigenvalue weighted by atomic mass is 10.1. The molecule has 0 aliphatic heterocycles. The van der Waals surface area contributed by atoms with Crippen LogP contribution in [0.1, 0.15) is 5.56 Å². The molecule has 5 nitrogen and oxygen atoms in total. The van der Waals surface area contributed by atoms with Crippen LogP contribution < -0.4 is 4.90 Å². The normalized spacial score (nSPS) is 9.83. The summed E-state index contributed by atoms with van der Waals surface area (Å²) in [5, 5.41) is 17.9. The number of hydrogen-bond donors (Lipinski definition) is 1. The van der Waals surface area contributed by atoms with Crippen LogP contribution in [-0.4, -0.2) is 37.9 Å². The highest BCUT2D eigenvalue weighted by molar-refractivity contribution is 9.10. The Morgan fingerprint density at radius 3 is 2.89 bits per heavy atom. The minimum absolute atomic E-state index is 0.172. The van der Waals surface area contributed by atoms with Crippen molar-refractivity contribution in [3.8, 4) is 6.07 Å². The van der Waals surface area contributed by atoms with Crippen molar-refractivity contribution in [1.29, 1.82) is 5.26 Å². The molecule has 0 aromatic heterocycles. The fourth-order valence-electron chi connectivity index (χ4n) is 1.51. The average Bonchev–Trinajstić information content (AvgIpc) is 2.34. The molecule has 0 spiro atoms. The van der Waals surface area contributed by atoms with Crippen molar-refractivity contribution in [3.05, 3.63) is 28.2 Å². The first-order valence-electron chi connectivity index (χ1n) is 5.23. The van der Waals surface area contributed by atoms with Gasteiger partial charge in [-0.25, -0.2) is 0 Å². The zero-order valence-electron chi connectivity index (χ0n) is 9.89. The van der Waals surface area contributed by atoms with Crippen molar-refractivity contribution in [3.63, 3.8) is 0 Å². The van der Waals surface area contributed by atoms with Crippen molar-refractivity contribution < 1.29 is 14.6 Å². The number of nitriles is 1. The number of carbonyl (C=O) groups is 1. The Labute approximate surface area is 114 Å². The lowest BCUT2D eigenvalue weighted by molar-refractivity contribution is -0.135. The van der Waals surface area contributed by atoms with Gasteiger partial charge in [0.25, 0.3) is 0 Å². The maximum absolute atomic E-state index is 10.9. The molecule has 6 heteroatoms. The number of nitrogens with zero attached hydrogens (tertiary/aromatic N) is 2. The molecular formula is C12H13BrN2O3. The minimum Gasteiger partial charge on any atom is -0.480 e. The summed E-state index contributed by atoms with van der Waals surface area (Å²) in [7, 11) is 1.55. The molecule has 1 aromatic rings. The topological polar surface area (TPSA) is 73.6 Å². The summed E-state index contributed by atoms with van der Waals surface area (Å²) in [6, 6.07) is 7.19. The number of ether oxygens (including phenoxy) is 1. The molecule has 0 radical (unpaired) electrons. The number of aliphatic carboxylic acids is 1. The molecule has 0 amide bonds. The Bertz CT molecular complexity index is 471. The van der Waals surface area contributed by atoms with Gasteiger partial charge in [0.1, 0.15) is 12.6 Å². The minimum atomic E-state index is -0.949. The highest BCUT2D eigenvalue weighted by Gasteiger charge is 2.14. The van der Waals surface area contributed by atoms with E-state index in [1.165, 1.54) is 0 Å². The van der Waals surface area contributed by atoms with Crippen molar-refractivity contribution in [2.75, 3.05) is 31.7 Å². The van der Waals surface area contributed by atoms with E-state index >= 15 is 0 Å². The summed E-state index contributed by atoms with van der Waals surface area (Å²) in [4.78, 5) is 12.5. The molecule has 96 valence electrons. The van der Waals surface area contributed by atoms with E-state index in [-0.39, 0.29) is 6.54 Å². The average molecular weight is 313 g/mol. The van der Waals surface area contributed by atoms with E-state index in [2.05, 4.69) is 22.0 Å². The maximum Gasteiger partial charge on any atom is 0.323 e. The number of halogens is 1. The highest BCUT2D eigenvalue weighted by Crippen LogP contribution is 2.24. The Morgan fingerprint density at radius 2 is 2.33 bits per heavy atom. The van der Waals surface area contributed by atoms with Crippen molar-refractivity contribution in [2.45, 2.75) is 0 Å². The quantitative estimate of drug-likeness (QED) is 0.868. The van der Waals surface area contributed by atoms with Gasteiger partial charge in [0.05, 0.1) is 17.9 Å². The van der Waals surface area contributed by atoms with Crippen LogP contribution in [0.25, 0.3) is 0 Å². The lowest BCUT2D eigenvalue weighted by Gasteiger charge is -2.23. The van der Waals surface area contributed by atoms with Crippen LogP contribution in [0.2, 0.25) is 0 Å². The van der Waals surface area contributed by atoms with Crippen molar-refractivity contribution in [2.24, 2.45) is 0 Å². The molecule has 1 aromatic carbocycles. The number of methoxy groups -OCH3 is 1. The second kappa shape index (κ2) is 6.99. The second-order valence-corrected chi connectivity index (χ2v) is 4.50. The van der Waals surface area contributed by atoms with Gasteiger partial charge in [0.2, 0.25) is 0 Å². The van der Waals surface area contributed by atoms with Gasteiger partial charge in [-0.15, -0.1) is 0 Å². The van der Waals surface area contributed by atoms with Gasteiger partial charge in [0, 0.05) is 18.1 Å². The molecular weight excluding hydrogens is 300 g/mol. The number of carboxylic acids is 1. The van der Waals surface area contributed by atoms with Crippen LogP contribution in [0.5, 0.6) is 0 Å². The Morgan fingerprint density at radius 1 is 1.61 bits per heavy atom. The van der Waals surface area contributed by atoms with Crippen molar-refractivity contribution in [1.82, 2.24) is 0 Å². The Kier molecular flexibility index (Phi) is 5.62. The molecule has 0 unspecified atom stereocenters. The third-order valence-electron chi connectivity index (χ3n) is 2.31. The zero-order valence-corrected chi connectivity index (χ0v) is 11.5. The van der Waals surface area contributed by atoms with Gasteiger partial charge in [-0.3, -0.25) is 4.79 Å². The summed E-state index contributed by atoms with van der Waals surface area (Å²) in [6.07, 6.45) is 0. The second-order valence-electron chi connectivity index (χ2n) is 3.58. The van der Waals surface area contributed by atoms with Gasteiger partial charge in [-0.1, -0.05) is 15.9 Å². The van der Waals surface area contributed by atoms with E-state index in [0.717, 1.165) is 4.47 Å². The van der Waals surface area contributed by atoms with Crippen molar-refractivity contribution >= 4 is 27.6 Å². The number of anilines is 1. The summed E-state index contributed by atoms with van der Waals surface area (Å²) in [5.74, 6) is -0.949. The molecule has 0 bridgehead atoms. The third-order valence-corrected chi connectivity index (χ3v) is 2.81. The van der Waals surface area contributed by atoms with Gasteiger partial charge in [-0.2, -0.15) is 5.26 Å². The van der Waals surface area contributed by atoms with Crippen LogP contribution >= 0.6 is 15.9 Å². The van der Waals surface area contributed by atoms with E-state index < -0.39 is 5.97 Å². The van der Waals surface area contributed by atoms with Crippen LogP contribution in [0.3, 0.4) is 0 Å². The number of rotatable bonds is 6. The van der Waals surface area contributed by atoms with Gasteiger partial charge >= 0.3 is 5.97 Å². The van der Waals surface area contributed by atoms with Crippen LogP contribution in [0.4, 0.5) is 5.69 Å². The smallest absolute Gasteiger partial charge is 0.323 e. The SMILES string of the molecule is COCCN(CC(=O)O)c1cc(Br)ccc1C#N. The molecule has 0 saturated heterocycles. The summed E-state index contributed by atoms with van der Waals surface area (Å²) >= 11 is 3.31. The largest absolute Gasteiger partial charge is 0.480 e. The molecule has 0 fully saturated rings. The van der Waals surface area contributed by atoms with E-state index in [4.69, 9.17) is 15.1 Å². The first-order valence-corrected chi connectivity index (χ1v) is 6.03. The summed E-state index contributed by atoms with van der Waals surface area (Å²) in [6.45, 7) is 0.632. The summed E-state index contributed by atoms with van der Waals surface area (Å²) < 4.78 is 5.75. The fraction of sp³-hybridized carbons (Fsp3) is 0.333. The van der Waals surface area contributed by atoms with Crippen LogP contribution in [0.15, 0.2) is 22.7 Å². The zero-order chi connectivity index (χ0) is 13.5. The fourth-order valence-corrected chi connectivity index (χ4v) is 1.86. The first-order chi connectivity index (χ1) is 8.58. The lowest BCUT2D eigenvalue weighted by Crippen LogP contribution is -2.33. The van der Waals surface area contributed by atoms with Crippen LogP contribution in [0, 0.1) is 11.3 Å². The maximum atomic E-state index is 10.9. The third kappa shape index (κ3) is 4.02. The van der Waals surface area contributed by atoms with E-state index in [9.17, 15) is 4.79 Å². The molecule has 18 heavy (non-hydrogen) atoms. The first kappa shape index (κ1) is 14.5. The predicted octanol–water partition coefficient (Wildman–Crippen LogP) is 1.86. The molecule has 1 rings (SSSR count). The molecule has 0 saturated carbocycles. The van der Waals surface area contributed by atoms with Gasteiger partial charge in [0.15, 0.2) is 0 Å². The van der Waals surface area contributed by atoms with E-state index in [1.807, 2.05) is 0 Å². The van der Waals surface area contributed by atoms with Crippen LogP contribution in [-0.2, 0) is 9.53 Å². The highest BCUT2D eigenvalue weighted by atomic mass is 79.9. The molecule has 0 atom stereocenters. The number of hydrogen-bond acceptors (Lipinski definition) is 4. The molecule has 0 aliphatic carbocycles. The molecule has 1 N–H and O–H groups in total. The van der Waals surface area contributed by atoms with Gasteiger partial charge in [-0.05, 0) is 18.2 Å². The monoisotopic (exact) mass is 312 g/mol. The summed E-state index contributed by atoms with van der Waals surface area (Å²) in [5.41, 5.74) is 1.03. The van der Waals surface area contributed by atoms with E-state index in [0.29, 0.717) is 24.4 Å². The Hall–Kier alpha value is -1.58. The predicted molar refractivity (Wildman–Crippen MR) is 70.6 cm³/mol. The number of benzene rings is 1. The van der Waals surface area contributed by atoms with Gasteiger partial charge < -0.3 is 14.7 Å². The number of carboxylic acid groups (broad SMARTS) is 1. The molecule has 0 heterocycles.